The molecule has 1 aromatic carbocycles. The van der Waals surface area contributed by atoms with Gasteiger partial charge in [-0.25, -0.2) is 9.97 Å². The van der Waals surface area contributed by atoms with Crippen molar-refractivity contribution in [1.29, 1.82) is 0 Å². The summed E-state index contributed by atoms with van der Waals surface area (Å²) in [6.45, 7) is 4.12. The SMILES string of the molecule is Cc1cc(C)c2nc(CCC(=O)N(C)[C@@H]3CC[C@@H](n4ccnc4)[C@@H]3O)[nH]c2c1. The lowest BCUT2D eigenvalue weighted by molar-refractivity contribution is -0.133. The maximum atomic E-state index is 12.7. The van der Waals surface area contributed by atoms with Crippen LogP contribution in [-0.2, 0) is 11.2 Å². The van der Waals surface area contributed by atoms with Gasteiger partial charge in [0.1, 0.15) is 5.82 Å². The molecular weight excluding hydrogens is 354 g/mol. The minimum absolute atomic E-state index is 0.0238. The minimum atomic E-state index is -0.583. The van der Waals surface area contributed by atoms with Gasteiger partial charge in [0.25, 0.3) is 0 Å². The van der Waals surface area contributed by atoms with E-state index in [-0.39, 0.29) is 18.0 Å². The zero-order valence-corrected chi connectivity index (χ0v) is 16.6. The average molecular weight is 381 g/mol. The minimum Gasteiger partial charge on any atom is -0.389 e. The first-order valence-corrected chi connectivity index (χ1v) is 9.81. The molecule has 1 amide bonds. The molecule has 2 heterocycles. The van der Waals surface area contributed by atoms with E-state index in [4.69, 9.17) is 0 Å². The number of benzene rings is 1. The van der Waals surface area contributed by atoms with Crippen LogP contribution in [0.25, 0.3) is 11.0 Å². The van der Waals surface area contributed by atoms with Gasteiger partial charge in [0, 0.05) is 32.3 Å². The molecule has 2 N–H and O–H groups in total. The maximum Gasteiger partial charge on any atom is 0.223 e. The predicted octanol–water partition coefficient (Wildman–Crippen LogP) is 2.53. The number of aliphatic hydroxyl groups is 1. The van der Waals surface area contributed by atoms with Crippen molar-refractivity contribution in [1.82, 2.24) is 24.4 Å². The van der Waals surface area contributed by atoms with Crippen LogP contribution in [0.15, 0.2) is 30.9 Å². The molecular formula is C21H27N5O2. The first-order chi connectivity index (χ1) is 13.4. The standard InChI is InChI=1S/C21H27N5O2/c1-13-10-14(2)20-15(11-13)23-18(24-20)6-7-19(27)25(3)16-4-5-17(21(16)28)26-9-8-22-12-26/h8-12,16-17,21,28H,4-7H2,1-3H3,(H,23,24)/t16-,17-,21-/m1/s1. The first kappa shape index (κ1) is 18.7. The van der Waals surface area contributed by atoms with Crippen LogP contribution in [0.2, 0.25) is 0 Å². The van der Waals surface area contributed by atoms with E-state index in [1.54, 1.807) is 24.5 Å². The van der Waals surface area contributed by atoms with Crippen molar-refractivity contribution in [2.24, 2.45) is 0 Å². The van der Waals surface area contributed by atoms with Crippen LogP contribution in [-0.4, -0.2) is 54.6 Å². The van der Waals surface area contributed by atoms with Gasteiger partial charge in [-0.05, 0) is 43.9 Å². The number of rotatable bonds is 5. The van der Waals surface area contributed by atoms with Gasteiger partial charge in [-0.2, -0.15) is 0 Å². The number of H-pyrrole nitrogens is 1. The Morgan fingerprint density at radius 1 is 1.36 bits per heavy atom. The summed E-state index contributed by atoms with van der Waals surface area (Å²) in [6.07, 6.45) is 7.27. The number of aryl methyl sites for hydroxylation is 3. The van der Waals surface area contributed by atoms with E-state index in [1.165, 1.54) is 5.56 Å². The Morgan fingerprint density at radius 2 is 2.18 bits per heavy atom. The maximum absolute atomic E-state index is 12.7. The molecule has 4 rings (SSSR count). The van der Waals surface area contributed by atoms with Crippen molar-refractivity contribution in [3.05, 3.63) is 47.8 Å². The largest absolute Gasteiger partial charge is 0.389 e. The molecule has 1 saturated carbocycles. The Labute approximate surface area is 164 Å². The monoisotopic (exact) mass is 381 g/mol. The van der Waals surface area contributed by atoms with Crippen LogP contribution >= 0.6 is 0 Å². The second-order valence-electron chi connectivity index (χ2n) is 7.88. The van der Waals surface area contributed by atoms with E-state index in [1.807, 2.05) is 10.8 Å². The van der Waals surface area contributed by atoms with E-state index in [9.17, 15) is 9.90 Å². The molecule has 2 aromatic heterocycles. The summed E-state index contributed by atoms with van der Waals surface area (Å²) in [5, 5.41) is 10.7. The number of aromatic nitrogens is 4. The van der Waals surface area contributed by atoms with Gasteiger partial charge in [-0.3, -0.25) is 4.79 Å². The second-order valence-corrected chi connectivity index (χ2v) is 7.88. The smallest absolute Gasteiger partial charge is 0.223 e. The Morgan fingerprint density at radius 3 is 2.93 bits per heavy atom. The molecule has 148 valence electrons. The quantitative estimate of drug-likeness (QED) is 0.711. The number of imidazole rings is 2. The predicted molar refractivity (Wildman–Crippen MR) is 107 cm³/mol. The van der Waals surface area contributed by atoms with Crippen LogP contribution in [0.4, 0.5) is 0 Å². The summed E-state index contributed by atoms with van der Waals surface area (Å²) < 4.78 is 1.93. The molecule has 28 heavy (non-hydrogen) atoms. The van der Waals surface area contributed by atoms with Gasteiger partial charge >= 0.3 is 0 Å². The highest BCUT2D eigenvalue weighted by Crippen LogP contribution is 2.33. The van der Waals surface area contributed by atoms with Crippen LogP contribution in [0, 0.1) is 13.8 Å². The molecule has 0 saturated heterocycles. The Kier molecular flexibility index (Phi) is 4.93. The molecule has 7 nitrogen and oxygen atoms in total. The zero-order chi connectivity index (χ0) is 19.8. The topological polar surface area (TPSA) is 87.0 Å². The van der Waals surface area contributed by atoms with Crippen LogP contribution in [0.3, 0.4) is 0 Å². The van der Waals surface area contributed by atoms with E-state index in [0.717, 1.165) is 35.3 Å². The highest BCUT2D eigenvalue weighted by atomic mass is 16.3. The van der Waals surface area contributed by atoms with Crippen molar-refractivity contribution in [2.45, 2.75) is 57.7 Å². The Hall–Kier alpha value is -2.67. The summed E-state index contributed by atoms with van der Waals surface area (Å²) in [5.41, 5.74) is 4.32. The molecule has 0 radical (unpaired) electrons. The highest BCUT2D eigenvalue weighted by molar-refractivity contribution is 5.80. The number of aromatic amines is 1. The van der Waals surface area contributed by atoms with E-state index in [2.05, 4.69) is 40.9 Å². The normalized spacial score (nSPS) is 22.1. The summed E-state index contributed by atoms with van der Waals surface area (Å²) >= 11 is 0. The molecule has 0 aliphatic heterocycles. The van der Waals surface area contributed by atoms with Crippen LogP contribution < -0.4 is 0 Å². The molecule has 7 heteroatoms. The lowest BCUT2D eigenvalue weighted by atomic mass is 10.1. The summed E-state index contributed by atoms with van der Waals surface area (Å²) in [5.74, 6) is 0.859. The number of carbonyl (C=O) groups is 1. The van der Waals surface area contributed by atoms with Gasteiger partial charge in [-0.15, -0.1) is 0 Å². The number of hydrogen-bond acceptors (Lipinski definition) is 4. The van der Waals surface area contributed by atoms with Gasteiger partial charge in [0.15, 0.2) is 0 Å². The molecule has 0 spiro atoms. The number of amides is 1. The van der Waals surface area contributed by atoms with Crippen molar-refractivity contribution < 1.29 is 9.90 Å². The van der Waals surface area contributed by atoms with E-state index < -0.39 is 6.10 Å². The number of fused-ring (bicyclic) bond motifs is 1. The second kappa shape index (κ2) is 7.39. The fourth-order valence-corrected chi connectivity index (χ4v) is 4.38. The van der Waals surface area contributed by atoms with Crippen molar-refractivity contribution >= 4 is 16.9 Å². The number of aliphatic hydroxyl groups excluding tert-OH is 1. The van der Waals surface area contributed by atoms with Gasteiger partial charge in [0.05, 0.1) is 35.5 Å². The zero-order valence-electron chi connectivity index (χ0n) is 16.6. The number of nitrogens with zero attached hydrogens (tertiary/aromatic N) is 4. The molecule has 1 aliphatic carbocycles. The van der Waals surface area contributed by atoms with Crippen molar-refractivity contribution in [3.8, 4) is 0 Å². The number of likely N-dealkylation sites (N-methyl/N-ethyl adjacent to an activating group) is 1. The van der Waals surface area contributed by atoms with E-state index >= 15 is 0 Å². The van der Waals surface area contributed by atoms with Gasteiger partial charge < -0.3 is 19.6 Å². The van der Waals surface area contributed by atoms with Gasteiger partial charge in [-0.1, -0.05) is 6.07 Å². The summed E-state index contributed by atoms with van der Waals surface area (Å²) in [7, 11) is 1.79. The lowest BCUT2D eigenvalue weighted by Crippen LogP contribution is -2.43. The van der Waals surface area contributed by atoms with Crippen LogP contribution in [0.5, 0.6) is 0 Å². The van der Waals surface area contributed by atoms with Gasteiger partial charge in [0.2, 0.25) is 5.91 Å². The number of hydrogen-bond donors (Lipinski definition) is 2. The third kappa shape index (κ3) is 3.42. The number of carbonyl (C=O) groups excluding carboxylic acids is 1. The number of nitrogens with one attached hydrogen (secondary N) is 1. The van der Waals surface area contributed by atoms with Crippen molar-refractivity contribution in [3.63, 3.8) is 0 Å². The summed E-state index contributed by atoms with van der Waals surface area (Å²) in [4.78, 5) is 26.5. The van der Waals surface area contributed by atoms with Crippen LogP contribution in [0.1, 0.15) is 42.3 Å². The molecule has 3 aromatic rings. The van der Waals surface area contributed by atoms with Crippen molar-refractivity contribution in [2.75, 3.05) is 7.05 Å². The lowest BCUT2D eigenvalue weighted by Gasteiger charge is -2.29. The third-order valence-corrected chi connectivity index (χ3v) is 5.89. The summed E-state index contributed by atoms with van der Waals surface area (Å²) in [6, 6.07) is 4.01. The van der Waals surface area contributed by atoms with E-state index in [0.29, 0.717) is 12.8 Å². The highest BCUT2D eigenvalue weighted by Gasteiger charge is 2.39. The molecule has 1 fully saturated rings. The Balaban J connectivity index is 1.39. The molecule has 1 aliphatic rings. The Bertz CT molecular complexity index is 978. The fourth-order valence-electron chi connectivity index (χ4n) is 4.38. The molecule has 0 bridgehead atoms. The molecule has 3 atom stereocenters. The molecule has 0 unspecified atom stereocenters. The third-order valence-electron chi connectivity index (χ3n) is 5.89. The first-order valence-electron chi connectivity index (χ1n) is 9.81. The fraction of sp³-hybridized carbons (Fsp3) is 0.476. The average Bonchev–Trinajstić information content (AvgIpc) is 3.38.